The molecule has 2 fully saturated rings. The van der Waals surface area contributed by atoms with Crippen molar-refractivity contribution in [2.45, 2.75) is 83.0 Å². The molecule has 1 aliphatic carbocycles. The van der Waals surface area contributed by atoms with Crippen LogP contribution in [0.1, 0.15) is 73.4 Å². The Balaban J connectivity index is 1.47. The highest BCUT2D eigenvalue weighted by atomic mass is 32.2. The molecule has 2 aromatic carbocycles. The van der Waals surface area contributed by atoms with Gasteiger partial charge in [0.05, 0.1) is 18.8 Å². The van der Waals surface area contributed by atoms with E-state index >= 15 is 0 Å². The van der Waals surface area contributed by atoms with E-state index in [1.54, 1.807) is 13.2 Å². The number of hydrogen-bond donors (Lipinski definition) is 2. The van der Waals surface area contributed by atoms with Gasteiger partial charge >= 0.3 is 16.2 Å². The fourth-order valence-electron chi connectivity index (χ4n) is 7.65. The quantitative estimate of drug-likeness (QED) is 0.400. The van der Waals surface area contributed by atoms with Crippen LogP contribution in [0.25, 0.3) is 22.2 Å². The summed E-state index contributed by atoms with van der Waals surface area (Å²) >= 11 is 0. The number of aromatic nitrogens is 1. The highest BCUT2D eigenvalue weighted by Gasteiger charge is 2.34. The number of urea groups is 1. The zero-order chi connectivity index (χ0) is 33.6. The summed E-state index contributed by atoms with van der Waals surface area (Å²) in [7, 11) is 2.57. The molecule has 6 rings (SSSR count). The number of rotatable bonds is 6. The first-order chi connectivity index (χ1) is 22.4. The molecule has 2 aliphatic heterocycles. The van der Waals surface area contributed by atoms with Gasteiger partial charge < -0.3 is 19.5 Å². The predicted octanol–water partition coefficient (Wildman–Crippen LogP) is 4.56. The summed E-state index contributed by atoms with van der Waals surface area (Å²) in [5, 5.41) is 4.45. The number of nitrogens with one attached hydrogen (secondary N) is 2. The standard InChI is InChI=1S/C35H48N6O5S/c1-22-19-40(20-23(2)39(22)5)35(43)36-27-16-26-17-28(46-6)13-15-29(26)33-32(24-10-8-7-9-11-24)30-14-12-25(18-31(30)41(33)21-27)34(42)37-47(44,45)38(3)4/h12-15,17-18,22-24,27H,7-11,16,19-21H2,1-6H3,(H,36,43)(H,37,42)/t22-,23+,27?. The highest BCUT2D eigenvalue weighted by molar-refractivity contribution is 7.87. The molecule has 1 saturated heterocycles. The Hall–Kier alpha value is -3.61. The van der Waals surface area contributed by atoms with Crippen molar-refractivity contribution in [1.82, 2.24) is 28.7 Å². The summed E-state index contributed by atoms with van der Waals surface area (Å²) in [6.07, 6.45) is 6.33. The number of amides is 3. The smallest absolute Gasteiger partial charge is 0.317 e. The predicted molar refractivity (Wildman–Crippen MR) is 184 cm³/mol. The van der Waals surface area contributed by atoms with Crippen molar-refractivity contribution in [3.05, 3.63) is 53.1 Å². The van der Waals surface area contributed by atoms with Gasteiger partial charge in [-0.2, -0.15) is 12.7 Å². The molecular formula is C35H48N6O5S. The van der Waals surface area contributed by atoms with Crippen LogP contribution in [0.15, 0.2) is 36.4 Å². The van der Waals surface area contributed by atoms with Gasteiger partial charge in [0.25, 0.3) is 5.91 Å². The van der Waals surface area contributed by atoms with E-state index in [2.05, 4.69) is 52.5 Å². The van der Waals surface area contributed by atoms with E-state index < -0.39 is 16.1 Å². The van der Waals surface area contributed by atoms with Gasteiger partial charge in [-0.05, 0) is 87.5 Å². The van der Waals surface area contributed by atoms with Gasteiger partial charge in [0.2, 0.25) is 0 Å². The molecule has 1 unspecified atom stereocenters. The Morgan fingerprint density at radius 1 is 0.957 bits per heavy atom. The molecule has 1 aromatic heterocycles. The minimum absolute atomic E-state index is 0.0763. The summed E-state index contributed by atoms with van der Waals surface area (Å²) < 4.78 is 36.1. The van der Waals surface area contributed by atoms with Gasteiger partial charge in [-0.1, -0.05) is 25.3 Å². The lowest BCUT2D eigenvalue weighted by Crippen LogP contribution is -2.59. The molecule has 1 saturated carbocycles. The van der Waals surface area contributed by atoms with Gasteiger partial charge in [0.1, 0.15) is 5.75 Å². The Bertz CT molecular complexity index is 1770. The summed E-state index contributed by atoms with van der Waals surface area (Å²) in [5.41, 5.74) is 5.71. The van der Waals surface area contributed by atoms with Crippen molar-refractivity contribution in [1.29, 1.82) is 0 Å². The molecule has 47 heavy (non-hydrogen) atoms. The number of methoxy groups -OCH3 is 1. The molecule has 0 radical (unpaired) electrons. The summed E-state index contributed by atoms with van der Waals surface area (Å²) in [6.45, 7) is 6.10. The molecule has 12 heteroatoms. The van der Waals surface area contributed by atoms with Crippen LogP contribution in [0.2, 0.25) is 0 Å². The lowest BCUT2D eigenvalue weighted by atomic mass is 9.81. The lowest BCUT2D eigenvalue weighted by molar-refractivity contribution is 0.0758. The Morgan fingerprint density at radius 3 is 2.32 bits per heavy atom. The van der Waals surface area contributed by atoms with Crippen molar-refractivity contribution < 1.29 is 22.7 Å². The zero-order valence-electron chi connectivity index (χ0n) is 28.4. The number of nitrogens with zero attached hydrogens (tertiary/aromatic N) is 4. The number of piperazine rings is 1. The van der Waals surface area contributed by atoms with Gasteiger partial charge in [-0.3, -0.25) is 9.69 Å². The third-order valence-corrected chi connectivity index (χ3v) is 11.9. The van der Waals surface area contributed by atoms with Gasteiger partial charge in [0.15, 0.2) is 0 Å². The van der Waals surface area contributed by atoms with Gasteiger partial charge in [-0.25, -0.2) is 9.52 Å². The van der Waals surface area contributed by atoms with Crippen LogP contribution < -0.4 is 14.8 Å². The average molecular weight is 665 g/mol. The molecule has 0 spiro atoms. The monoisotopic (exact) mass is 664 g/mol. The van der Waals surface area contributed by atoms with Crippen LogP contribution in [0.4, 0.5) is 4.79 Å². The van der Waals surface area contributed by atoms with Crippen molar-refractivity contribution in [3.8, 4) is 17.0 Å². The van der Waals surface area contributed by atoms with E-state index in [-0.39, 0.29) is 29.7 Å². The second-order valence-electron chi connectivity index (χ2n) is 13.8. The molecule has 3 aliphatic rings. The van der Waals surface area contributed by atoms with Crippen molar-refractivity contribution in [2.75, 3.05) is 41.3 Å². The van der Waals surface area contributed by atoms with Crippen LogP contribution in [0.5, 0.6) is 5.75 Å². The van der Waals surface area contributed by atoms with E-state index in [0.717, 1.165) is 63.5 Å². The van der Waals surface area contributed by atoms with E-state index in [1.165, 1.54) is 26.1 Å². The molecule has 3 heterocycles. The highest BCUT2D eigenvalue weighted by Crippen LogP contribution is 2.46. The van der Waals surface area contributed by atoms with Gasteiger partial charge in [-0.15, -0.1) is 0 Å². The van der Waals surface area contributed by atoms with E-state index in [0.29, 0.717) is 32.0 Å². The lowest BCUT2D eigenvalue weighted by Gasteiger charge is -2.42. The molecule has 0 bridgehead atoms. The minimum Gasteiger partial charge on any atom is -0.497 e. The maximum absolute atomic E-state index is 13.8. The molecular weight excluding hydrogens is 616 g/mol. The number of carbonyl (C=O) groups excluding carboxylic acids is 2. The first kappa shape index (κ1) is 33.3. The molecule has 11 nitrogen and oxygen atoms in total. The van der Waals surface area contributed by atoms with Crippen LogP contribution in [-0.4, -0.2) is 98.5 Å². The fourth-order valence-corrected chi connectivity index (χ4v) is 8.18. The number of hydrogen-bond acceptors (Lipinski definition) is 6. The number of likely N-dealkylation sites (N-methyl/N-ethyl adjacent to an activating group) is 1. The number of ether oxygens (including phenoxy) is 1. The fraction of sp³-hybridized carbons (Fsp3) is 0.543. The Labute approximate surface area is 278 Å². The second-order valence-corrected chi connectivity index (χ2v) is 15.7. The largest absolute Gasteiger partial charge is 0.497 e. The number of carbonyl (C=O) groups is 2. The van der Waals surface area contributed by atoms with E-state index in [9.17, 15) is 18.0 Å². The second kappa shape index (κ2) is 13.1. The molecule has 2 N–H and O–H groups in total. The van der Waals surface area contributed by atoms with Crippen molar-refractivity contribution in [3.63, 3.8) is 0 Å². The molecule has 3 amide bonds. The van der Waals surface area contributed by atoms with Crippen molar-refractivity contribution in [2.24, 2.45) is 0 Å². The number of fused-ring (bicyclic) bond motifs is 5. The third kappa shape index (κ3) is 6.47. The normalized spacial score (nSPS) is 22.4. The van der Waals surface area contributed by atoms with Gasteiger partial charge in [0, 0.05) is 67.8 Å². The maximum atomic E-state index is 13.8. The Kier molecular flexibility index (Phi) is 9.30. The minimum atomic E-state index is -3.97. The molecule has 254 valence electrons. The number of benzene rings is 2. The first-order valence-electron chi connectivity index (χ1n) is 16.7. The Morgan fingerprint density at radius 2 is 1.66 bits per heavy atom. The van der Waals surface area contributed by atoms with Crippen LogP contribution >= 0.6 is 0 Å². The van der Waals surface area contributed by atoms with Crippen molar-refractivity contribution >= 4 is 33.1 Å². The SMILES string of the molecule is COc1ccc2c(c1)CC(NC(=O)N1C[C@@H](C)N(C)[C@@H](C)C1)Cn1c-2c(C2CCCCC2)c2ccc(C(=O)NS(=O)(=O)N(C)C)cc21. The topological polar surface area (TPSA) is 116 Å². The van der Waals surface area contributed by atoms with E-state index in [4.69, 9.17) is 4.74 Å². The molecule has 3 aromatic rings. The maximum Gasteiger partial charge on any atom is 0.317 e. The average Bonchev–Trinajstić information content (AvgIpc) is 3.26. The van der Waals surface area contributed by atoms with Crippen LogP contribution in [0, 0.1) is 0 Å². The zero-order valence-corrected chi connectivity index (χ0v) is 29.2. The summed E-state index contributed by atoms with van der Waals surface area (Å²) in [5.74, 6) is 0.434. The van der Waals surface area contributed by atoms with Crippen LogP contribution in [-0.2, 0) is 23.2 Å². The molecule has 3 atom stereocenters. The van der Waals surface area contributed by atoms with Crippen LogP contribution in [0.3, 0.4) is 0 Å². The summed E-state index contributed by atoms with van der Waals surface area (Å²) in [6, 6.07) is 11.9. The first-order valence-corrected chi connectivity index (χ1v) is 18.2. The van der Waals surface area contributed by atoms with E-state index in [1.807, 2.05) is 23.1 Å². The summed E-state index contributed by atoms with van der Waals surface area (Å²) in [4.78, 5) is 31.3. The third-order valence-electron chi connectivity index (χ3n) is 10.5.